The Hall–Kier alpha value is -3.65. The number of anilines is 1. The van der Waals surface area contributed by atoms with Crippen LogP contribution >= 0.6 is 11.8 Å². The van der Waals surface area contributed by atoms with Crippen molar-refractivity contribution in [2.45, 2.75) is 25.1 Å². The fourth-order valence-corrected chi connectivity index (χ4v) is 4.08. The van der Waals surface area contributed by atoms with Crippen molar-refractivity contribution in [1.29, 1.82) is 0 Å². The van der Waals surface area contributed by atoms with Crippen LogP contribution in [0.1, 0.15) is 17.8 Å². The number of nitrogens with zero attached hydrogens (tertiary/aromatic N) is 3. The number of hydrogen-bond acceptors (Lipinski definition) is 5. The van der Waals surface area contributed by atoms with E-state index in [1.54, 1.807) is 0 Å². The number of halogens is 1. The van der Waals surface area contributed by atoms with Gasteiger partial charge in [0.2, 0.25) is 5.91 Å². The molecule has 33 heavy (non-hydrogen) atoms. The average Bonchev–Trinajstić information content (AvgIpc) is 3.23. The van der Waals surface area contributed by atoms with E-state index in [4.69, 9.17) is 4.74 Å². The molecule has 1 heterocycles. The van der Waals surface area contributed by atoms with Gasteiger partial charge in [0.1, 0.15) is 18.2 Å². The Morgan fingerprint density at radius 1 is 1.00 bits per heavy atom. The van der Waals surface area contributed by atoms with Gasteiger partial charge >= 0.3 is 0 Å². The van der Waals surface area contributed by atoms with Crippen LogP contribution in [0.5, 0.6) is 5.75 Å². The zero-order valence-corrected chi connectivity index (χ0v) is 18.9. The van der Waals surface area contributed by atoms with Gasteiger partial charge in [-0.2, -0.15) is 0 Å². The van der Waals surface area contributed by atoms with Crippen molar-refractivity contribution in [2.24, 2.45) is 0 Å². The summed E-state index contributed by atoms with van der Waals surface area (Å²) in [5.41, 5.74) is 2.53. The van der Waals surface area contributed by atoms with Crippen LogP contribution in [0.25, 0.3) is 5.69 Å². The number of aryl methyl sites for hydroxylation is 1. The van der Waals surface area contributed by atoms with Crippen molar-refractivity contribution in [2.75, 3.05) is 11.1 Å². The first kappa shape index (κ1) is 22.5. The maximum absolute atomic E-state index is 13.0. The van der Waals surface area contributed by atoms with E-state index in [-0.39, 0.29) is 24.8 Å². The number of amides is 1. The van der Waals surface area contributed by atoms with Gasteiger partial charge in [0.15, 0.2) is 11.0 Å². The standard InChI is InChI=1S/C25H23FN4O2S/c1-18-7-5-6-10-22(18)32-17-23-28-29-25(30(23)21-8-3-2-4-9-21)33-16-15-24(31)27-20-13-11-19(26)12-14-20/h2-14H,15-17H2,1H3,(H,27,31). The van der Waals surface area contributed by atoms with E-state index in [9.17, 15) is 9.18 Å². The molecule has 0 spiro atoms. The highest BCUT2D eigenvalue weighted by Crippen LogP contribution is 2.24. The Bertz CT molecular complexity index is 1210. The Morgan fingerprint density at radius 2 is 1.73 bits per heavy atom. The summed E-state index contributed by atoms with van der Waals surface area (Å²) in [6, 6.07) is 23.3. The largest absolute Gasteiger partial charge is 0.485 e. The number of carbonyl (C=O) groups excluding carboxylic acids is 1. The van der Waals surface area contributed by atoms with E-state index in [1.807, 2.05) is 66.1 Å². The van der Waals surface area contributed by atoms with Crippen LogP contribution in [0.3, 0.4) is 0 Å². The quantitative estimate of drug-likeness (QED) is 0.337. The maximum Gasteiger partial charge on any atom is 0.225 e. The summed E-state index contributed by atoms with van der Waals surface area (Å²) in [6.45, 7) is 2.26. The van der Waals surface area contributed by atoms with Gasteiger partial charge in [0.25, 0.3) is 0 Å². The molecule has 0 aliphatic carbocycles. The van der Waals surface area contributed by atoms with E-state index < -0.39 is 0 Å². The second-order valence-corrected chi connectivity index (χ2v) is 8.34. The topological polar surface area (TPSA) is 69.0 Å². The number of carbonyl (C=O) groups is 1. The molecule has 0 saturated heterocycles. The highest BCUT2D eigenvalue weighted by Gasteiger charge is 2.16. The van der Waals surface area contributed by atoms with Gasteiger partial charge in [0, 0.05) is 23.5 Å². The van der Waals surface area contributed by atoms with E-state index in [2.05, 4.69) is 15.5 Å². The molecule has 1 amide bonds. The number of nitrogens with one attached hydrogen (secondary N) is 1. The zero-order valence-electron chi connectivity index (χ0n) is 18.1. The summed E-state index contributed by atoms with van der Waals surface area (Å²) in [5.74, 6) is 1.49. The van der Waals surface area contributed by atoms with Crippen LogP contribution in [0, 0.1) is 12.7 Å². The van der Waals surface area contributed by atoms with Gasteiger partial charge < -0.3 is 10.1 Å². The lowest BCUT2D eigenvalue weighted by Crippen LogP contribution is -2.12. The van der Waals surface area contributed by atoms with Crippen molar-refractivity contribution in [3.05, 3.63) is 96.1 Å². The van der Waals surface area contributed by atoms with Crippen LogP contribution in [-0.2, 0) is 11.4 Å². The predicted octanol–water partition coefficient (Wildman–Crippen LogP) is 5.41. The molecule has 3 aromatic carbocycles. The normalized spacial score (nSPS) is 10.7. The molecular weight excluding hydrogens is 439 g/mol. The van der Waals surface area contributed by atoms with Gasteiger partial charge in [0.05, 0.1) is 0 Å². The lowest BCUT2D eigenvalue weighted by molar-refractivity contribution is -0.115. The van der Waals surface area contributed by atoms with Gasteiger partial charge in [-0.3, -0.25) is 9.36 Å². The van der Waals surface area contributed by atoms with Crippen LogP contribution in [0.4, 0.5) is 10.1 Å². The Labute approximate surface area is 195 Å². The third-order valence-electron chi connectivity index (χ3n) is 4.85. The van der Waals surface area contributed by atoms with Crippen molar-refractivity contribution in [1.82, 2.24) is 14.8 Å². The highest BCUT2D eigenvalue weighted by molar-refractivity contribution is 7.99. The first-order valence-corrected chi connectivity index (χ1v) is 11.4. The lowest BCUT2D eigenvalue weighted by atomic mass is 10.2. The molecule has 0 aliphatic heterocycles. The minimum Gasteiger partial charge on any atom is -0.485 e. The molecule has 0 bridgehead atoms. The molecule has 1 N–H and O–H groups in total. The summed E-state index contributed by atoms with van der Waals surface area (Å²) < 4.78 is 21.0. The highest BCUT2D eigenvalue weighted by atomic mass is 32.2. The number of para-hydroxylation sites is 2. The lowest BCUT2D eigenvalue weighted by Gasteiger charge is -2.12. The average molecular weight is 463 g/mol. The van der Waals surface area contributed by atoms with Crippen molar-refractivity contribution in [3.8, 4) is 11.4 Å². The van der Waals surface area contributed by atoms with Gasteiger partial charge in [-0.15, -0.1) is 10.2 Å². The Kier molecular flexibility index (Phi) is 7.36. The molecule has 0 saturated carbocycles. The molecule has 0 atom stereocenters. The fourth-order valence-electron chi connectivity index (χ4n) is 3.18. The number of rotatable bonds is 9. The molecule has 0 unspecified atom stereocenters. The smallest absolute Gasteiger partial charge is 0.225 e. The fraction of sp³-hybridized carbons (Fsp3) is 0.160. The predicted molar refractivity (Wildman–Crippen MR) is 127 cm³/mol. The summed E-state index contributed by atoms with van der Waals surface area (Å²) in [5, 5.41) is 12.1. The van der Waals surface area contributed by atoms with E-state index in [0.717, 1.165) is 17.0 Å². The number of aromatic nitrogens is 3. The van der Waals surface area contributed by atoms with Crippen molar-refractivity contribution < 1.29 is 13.9 Å². The first-order chi connectivity index (χ1) is 16.1. The van der Waals surface area contributed by atoms with Crippen LogP contribution in [0.2, 0.25) is 0 Å². The van der Waals surface area contributed by atoms with Crippen LogP contribution in [0.15, 0.2) is 84.0 Å². The van der Waals surface area contributed by atoms with E-state index in [1.165, 1.54) is 36.0 Å². The molecule has 168 valence electrons. The van der Waals surface area contributed by atoms with Gasteiger partial charge in [-0.25, -0.2) is 4.39 Å². The minimum atomic E-state index is -0.342. The minimum absolute atomic E-state index is 0.150. The van der Waals surface area contributed by atoms with Crippen LogP contribution in [-0.4, -0.2) is 26.4 Å². The molecule has 8 heteroatoms. The second-order valence-electron chi connectivity index (χ2n) is 7.28. The maximum atomic E-state index is 13.0. The monoisotopic (exact) mass is 462 g/mol. The number of thioether (sulfide) groups is 1. The summed E-state index contributed by atoms with van der Waals surface area (Å²) in [7, 11) is 0. The Balaban J connectivity index is 1.43. The molecule has 0 fully saturated rings. The van der Waals surface area contributed by atoms with E-state index in [0.29, 0.717) is 22.4 Å². The SMILES string of the molecule is Cc1ccccc1OCc1nnc(SCCC(=O)Nc2ccc(F)cc2)n1-c1ccccc1. The van der Waals surface area contributed by atoms with Crippen LogP contribution < -0.4 is 10.1 Å². The molecular formula is C25H23FN4O2S. The number of benzene rings is 3. The third-order valence-corrected chi connectivity index (χ3v) is 5.78. The van der Waals surface area contributed by atoms with E-state index >= 15 is 0 Å². The summed E-state index contributed by atoms with van der Waals surface area (Å²) in [6.07, 6.45) is 0.277. The molecule has 4 rings (SSSR count). The van der Waals surface area contributed by atoms with Gasteiger partial charge in [-0.1, -0.05) is 48.2 Å². The van der Waals surface area contributed by atoms with Crippen molar-refractivity contribution >= 4 is 23.4 Å². The van der Waals surface area contributed by atoms with Gasteiger partial charge in [-0.05, 0) is 55.0 Å². The molecule has 4 aromatic rings. The number of hydrogen-bond donors (Lipinski definition) is 1. The molecule has 0 radical (unpaired) electrons. The second kappa shape index (κ2) is 10.8. The summed E-state index contributed by atoms with van der Waals surface area (Å²) in [4.78, 5) is 12.3. The Morgan fingerprint density at radius 3 is 2.48 bits per heavy atom. The third kappa shape index (κ3) is 5.98. The molecule has 6 nitrogen and oxygen atoms in total. The molecule has 1 aromatic heterocycles. The zero-order chi connectivity index (χ0) is 23.0. The van der Waals surface area contributed by atoms with Crippen molar-refractivity contribution in [3.63, 3.8) is 0 Å². The summed E-state index contributed by atoms with van der Waals surface area (Å²) >= 11 is 1.44. The molecule has 0 aliphatic rings. The number of ether oxygens (including phenoxy) is 1. The first-order valence-electron chi connectivity index (χ1n) is 10.5.